The number of carbonyl (C=O) groups excluding carboxylic acids is 1. The average molecular weight is 283 g/mol. The minimum absolute atomic E-state index is 0.0351. The monoisotopic (exact) mass is 283 g/mol. The normalized spacial score (nSPS) is 16.4. The highest BCUT2D eigenvalue weighted by molar-refractivity contribution is 5.94. The number of nitrogens with zero attached hydrogens (tertiary/aromatic N) is 1. The van der Waals surface area contributed by atoms with E-state index >= 15 is 0 Å². The summed E-state index contributed by atoms with van der Waals surface area (Å²) in [6, 6.07) is 7.93. The van der Waals surface area contributed by atoms with Crippen molar-refractivity contribution in [1.82, 2.24) is 15.3 Å². The topological polar surface area (TPSA) is 57.8 Å². The fourth-order valence-electron chi connectivity index (χ4n) is 2.90. The molecule has 3 rings (SSSR count). The van der Waals surface area contributed by atoms with Crippen LogP contribution >= 0.6 is 0 Å². The maximum atomic E-state index is 12.3. The number of aromatic nitrogens is 2. The van der Waals surface area contributed by atoms with Crippen LogP contribution in [0.25, 0.3) is 11.4 Å². The molecular formula is C17H21N3O. The van der Waals surface area contributed by atoms with Crippen molar-refractivity contribution in [2.75, 3.05) is 0 Å². The summed E-state index contributed by atoms with van der Waals surface area (Å²) in [5.41, 5.74) is 1.71. The number of nitrogens with one attached hydrogen (secondary N) is 2. The van der Waals surface area contributed by atoms with Crippen LogP contribution in [0.4, 0.5) is 0 Å². The third-order valence-electron chi connectivity index (χ3n) is 4.11. The van der Waals surface area contributed by atoms with Gasteiger partial charge in [0.15, 0.2) is 0 Å². The third kappa shape index (κ3) is 3.51. The molecular weight excluding hydrogens is 262 g/mol. The number of carbonyl (C=O) groups is 1. The lowest BCUT2D eigenvalue weighted by molar-refractivity contribution is 0.0933. The van der Waals surface area contributed by atoms with Crippen molar-refractivity contribution in [3.8, 4) is 11.4 Å². The second-order valence-corrected chi connectivity index (χ2v) is 5.68. The molecule has 0 radical (unpaired) electrons. The van der Waals surface area contributed by atoms with Crippen molar-refractivity contribution in [3.05, 3.63) is 42.2 Å². The van der Waals surface area contributed by atoms with Crippen LogP contribution < -0.4 is 5.32 Å². The lowest BCUT2D eigenvalue weighted by Crippen LogP contribution is -2.34. The largest absolute Gasteiger partial charge is 0.349 e. The van der Waals surface area contributed by atoms with Gasteiger partial charge in [-0.15, -0.1) is 0 Å². The number of rotatable bonds is 3. The molecule has 2 aromatic rings. The molecule has 1 aliphatic carbocycles. The molecule has 21 heavy (non-hydrogen) atoms. The first-order valence-electron chi connectivity index (χ1n) is 7.73. The Balaban J connectivity index is 1.64. The molecule has 1 amide bonds. The molecule has 4 nitrogen and oxygen atoms in total. The highest BCUT2D eigenvalue weighted by atomic mass is 16.1. The van der Waals surface area contributed by atoms with Gasteiger partial charge >= 0.3 is 0 Å². The summed E-state index contributed by atoms with van der Waals surface area (Å²) < 4.78 is 0. The van der Waals surface area contributed by atoms with E-state index in [0.717, 1.165) is 29.8 Å². The van der Waals surface area contributed by atoms with Crippen molar-refractivity contribution < 1.29 is 4.79 Å². The van der Waals surface area contributed by atoms with Gasteiger partial charge in [0.1, 0.15) is 5.82 Å². The molecule has 1 aromatic heterocycles. The molecule has 0 aliphatic heterocycles. The van der Waals surface area contributed by atoms with E-state index < -0.39 is 0 Å². The van der Waals surface area contributed by atoms with Crippen LogP contribution in [0, 0.1) is 0 Å². The minimum atomic E-state index is 0.0351. The van der Waals surface area contributed by atoms with E-state index in [1.807, 2.05) is 24.3 Å². The number of H-pyrrole nitrogens is 1. The number of imidazole rings is 1. The Morgan fingerprint density at radius 1 is 1.10 bits per heavy atom. The highest BCUT2D eigenvalue weighted by Gasteiger charge is 2.15. The van der Waals surface area contributed by atoms with Crippen molar-refractivity contribution >= 4 is 5.91 Å². The van der Waals surface area contributed by atoms with Gasteiger partial charge in [-0.3, -0.25) is 4.79 Å². The third-order valence-corrected chi connectivity index (χ3v) is 4.11. The van der Waals surface area contributed by atoms with Gasteiger partial charge in [-0.05, 0) is 25.0 Å². The summed E-state index contributed by atoms with van der Waals surface area (Å²) in [6.07, 6.45) is 10.8. The smallest absolute Gasteiger partial charge is 0.251 e. The van der Waals surface area contributed by atoms with Crippen LogP contribution in [0.15, 0.2) is 36.7 Å². The molecule has 1 aromatic carbocycles. The van der Waals surface area contributed by atoms with Gasteiger partial charge in [0, 0.05) is 29.6 Å². The lowest BCUT2D eigenvalue weighted by Gasteiger charge is -2.16. The van der Waals surface area contributed by atoms with Crippen LogP contribution in [0.2, 0.25) is 0 Å². The Bertz CT molecular complexity index is 567. The van der Waals surface area contributed by atoms with E-state index in [1.54, 1.807) is 12.4 Å². The summed E-state index contributed by atoms with van der Waals surface area (Å²) >= 11 is 0. The SMILES string of the molecule is O=C(NC1CCCCCC1)c1ccc(-c2ncc[nH]2)cc1. The second kappa shape index (κ2) is 6.57. The number of hydrogen-bond donors (Lipinski definition) is 2. The van der Waals surface area contributed by atoms with Crippen LogP contribution in [-0.2, 0) is 0 Å². The minimum Gasteiger partial charge on any atom is -0.349 e. The van der Waals surface area contributed by atoms with Gasteiger partial charge in [-0.1, -0.05) is 37.8 Å². The van der Waals surface area contributed by atoms with Crippen molar-refractivity contribution in [1.29, 1.82) is 0 Å². The fraction of sp³-hybridized carbons (Fsp3) is 0.412. The van der Waals surface area contributed by atoms with E-state index in [1.165, 1.54) is 25.7 Å². The molecule has 1 fully saturated rings. The Hall–Kier alpha value is -2.10. The molecule has 1 saturated carbocycles. The zero-order chi connectivity index (χ0) is 14.5. The van der Waals surface area contributed by atoms with Gasteiger partial charge in [0.25, 0.3) is 5.91 Å². The fourth-order valence-corrected chi connectivity index (χ4v) is 2.90. The standard InChI is InChI=1S/C17H21N3O/c21-17(20-15-5-3-1-2-4-6-15)14-9-7-13(8-10-14)16-18-11-12-19-16/h7-12,15H,1-6H2,(H,18,19)(H,20,21). The first-order valence-corrected chi connectivity index (χ1v) is 7.73. The van der Waals surface area contributed by atoms with Crippen molar-refractivity contribution in [2.45, 2.75) is 44.6 Å². The van der Waals surface area contributed by atoms with E-state index in [0.29, 0.717) is 6.04 Å². The van der Waals surface area contributed by atoms with Gasteiger partial charge in [0.2, 0.25) is 0 Å². The Morgan fingerprint density at radius 3 is 2.43 bits per heavy atom. The van der Waals surface area contributed by atoms with Crippen LogP contribution in [-0.4, -0.2) is 21.9 Å². The van der Waals surface area contributed by atoms with E-state index in [2.05, 4.69) is 15.3 Å². The predicted molar refractivity (Wildman–Crippen MR) is 83.0 cm³/mol. The van der Waals surface area contributed by atoms with Crippen molar-refractivity contribution in [3.63, 3.8) is 0 Å². The maximum absolute atomic E-state index is 12.3. The number of amides is 1. The van der Waals surface area contributed by atoms with E-state index in [-0.39, 0.29) is 5.91 Å². The molecule has 0 saturated heterocycles. The summed E-state index contributed by atoms with van der Waals surface area (Å²) in [5.74, 6) is 0.860. The summed E-state index contributed by atoms with van der Waals surface area (Å²) in [6.45, 7) is 0. The summed E-state index contributed by atoms with van der Waals surface area (Å²) in [4.78, 5) is 19.6. The summed E-state index contributed by atoms with van der Waals surface area (Å²) in [7, 11) is 0. The molecule has 110 valence electrons. The molecule has 0 bridgehead atoms. The first kappa shape index (κ1) is 13.9. The molecule has 1 heterocycles. The number of hydrogen-bond acceptors (Lipinski definition) is 2. The molecule has 4 heteroatoms. The Kier molecular flexibility index (Phi) is 4.34. The predicted octanol–water partition coefficient (Wildman–Crippen LogP) is 3.53. The highest BCUT2D eigenvalue weighted by Crippen LogP contribution is 2.18. The van der Waals surface area contributed by atoms with E-state index in [9.17, 15) is 4.79 Å². The van der Waals surface area contributed by atoms with Gasteiger partial charge in [-0.2, -0.15) is 0 Å². The van der Waals surface area contributed by atoms with Crippen LogP contribution in [0.5, 0.6) is 0 Å². The second-order valence-electron chi connectivity index (χ2n) is 5.68. The maximum Gasteiger partial charge on any atom is 0.251 e. The molecule has 0 atom stereocenters. The van der Waals surface area contributed by atoms with Gasteiger partial charge < -0.3 is 10.3 Å². The average Bonchev–Trinajstić information content (AvgIpc) is 2.93. The zero-order valence-electron chi connectivity index (χ0n) is 12.1. The Morgan fingerprint density at radius 2 is 1.81 bits per heavy atom. The molecule has 2 N–H and O–H groups in total. The quantitative estimate of drug-likeness (QED) is 0.847. The van der Waals surface area contributed by atoms with E-state index in [4.69, 9.17) is 0 Å². The molecule has 0 unspecified atom stereocenters. The lowest BCUT2D eigenvalue weighted by atomic mass is 10.1. The summed E-state index contributed by atoms with van der Waals surface area (Å²) in [5, 5.41) is 3.17. The van der Waals surface area contributed by atoms with Gasteiger partial charge in [-0.25, -0.2) is 4.98 Å². The van der Waals surface area contributed by atoms with Crippen molar-refractivity contribution in [2.24, 2.45) is 0 Å². The Labute approximate surface area is 125 Å². The van der Waals surface area contributed by atoms with Crippen LogP contribution in [0.1, 0.15) is 48.9 Å². The van der Waals surface area contributed by atoms with Gasteiger partial charge in [0.05, 0.1) is 0 Å². The first-order chi connectivity index (χ1) is 10.3. The molecule has 0 spiro atoms. The van der Waals surface area contributed by atoms with Crippen LogP contribution in [0.3, 0.4) is 0 Å². The number of benzene rings is 1. The molecule has 1 aliphatic rings. The number of aromatic amines is 1. The zero-order valence-corrected chi connectivity index (χ0v) is 12.1.